The number of anilines is 1. The van der Waals surface area contributed by atoms with Crippen molar-refractivity contribution in [3.63, 3.8) is 0 Å². The normalized spacial score (nSPS) is 16.5. The molecule has 0 unspecified atom stereocenters. The third-order valence-corrected chi connectivity index (χ3v) is 4.84. The van der Waals surface area contributed by atoms with Gasteiger partial charge in [-0.25, -0.2) is 4.98 Å². The molecule has 3 rings (SSSR count). The van der Waals surface area contributed by atoms with E-state index in [1.54, 1.807) is 23.5 Å². The largest absolute Gasteiger partial charge is 0.367 e. The zero-order valence-corrected chi connectivity index (χ0v) is 16.4. The predicted molar refractivity (Wildman–Crippen MR) is 108 cm³/mol. The van der Waals surface area contributed by atoms with E-state index in [2.05, 4.69) is 26.7 Å². The topological polar surface area (TPSA) is 87.2 Å². The summed E-state index contributed by atoms with van der Waals surface area (Å²) < 4.78 is 0. The van der Waals surface area contributed by atoms with E-state index in [0.29, 0.717) is 37.6 Å². The van der Waals surface area contributed by atoms with Gasteiger partial charge in [0.15, 0.2) is 0 Å². The number of carbonyl (C=O) groups excluding carboxylic acids is 2. The first-order valence-electron chi connectivity index (χ1n) is 9.68. The number of hydrogen-bond acceptors (Lipinski definition) is 5. The van der Waals surface area contributed by atoms with Crippen LogP contribution in [-0.2, 0) is 4.79 Å². The van der Waals surface area contributed by atoms with E-state index in [1.807, 2.05) is 26.0 Å². The van der Waals surface area contributed by atoms with Gasteiger partial charge >= 0.3 is 0 Å². The van der Waals surface area contributed by atoms with Crippen LogP contribution in [-0.4, -0.2) is 52.9 Å². The number of amides is 2. The second-order valence-corrected chi connectivity index (χ2v) is 7.28. The van der Waals surface area contributed by atoms with Crippen molar-refractivity contribution in [1.29, 1.82) is 0 Å². The number of nitrogens with one attached hydrogen (secondary N) is 2. The van der Waals surface area contributed by atoms with E-state index < -0.39 is 0 Å². The van der Waals surface area contributed by atoms with Crippen molar-refractivity contribution in [2.75, 3.05) is 31.5 Å². The molecule has 0 bridgehead atoms. The van der Waals surface area contributed by atoms with E-state index >= 15 is 0 Å². The third-order valence-electron chi connectivity index (χ3n) is 4.84. The maximum absolute atomic E-state index is 12.9. The molecule has 0 spiro atoms. The molecule has 1 aliphatic rings. The molecule has 2 N–H and O–H groups in total. The van der Waals surface area contributed by atoms with E-state index in [1.165, 1.54) is 0 Å². The average Bonchev–Trinajstić information content (AvgIpc) is 2.70. The van der Waals surface area contributed by atoms with E-state index in [-0.39, 0.29) is 17.7 Å². The van der Waals surface area contributed by atoms with Crippen molar-refractivity contribution < 1.29 is 9.59 Å². The molecule has 1 aromatic carbocycles. The van der Waals surface area contributed by atoms with Crippen molar-refractivity contribution >= 4 is 17.6 Å². The SMILES string of the molecule is Cc1cc(C)cc(C(=O)N2CCC[C@@H](C(=O)NCCNc3cnccn3)C2)c1. The van der Waals surface area contributed by atoms with Crippen LogP contribution >= 0.6 is 0 Å². The standard InChI is InChI=1S/C21H27N5O2/c1-15-10-16(2)12-18(11-15)21(28)26-9-3-4-17(14-26)20(27)25-8-7-24-19-13-22-5-6-23-19/h5-6,10-13,17H,3-4,7-9,14H2,1-2H3,(H,23,24)(H,25,27)/t17-/m1/s1. The number of carbonyl (C=O) groups is 2. The van der Waals surface area contributed by atoms with Crippen LogP contribution in [0.3, 0.4) is 0 Å². The summed E-state index contributed by atoms with van der Waals surface area (Å²) in [7, 11) is 0. The van der Waals surface area contributed by atoms with Crippen LogP contribution in [0, 0.1) is 19.8 Å². The Balaban J connectivity index is 1.49. The molecule has 0 saturated carbocycles. The lowest BCUT2D eigenvalue weighted by Gasteiger charge is -2.32. The van der Waals surface area contributed by atoms with Crippen molar-refractivity contribution in [2.24, 2.45) is 5.92 Å². The Morgan fingerprint density at radius 2 is 1.93 bits per heavy atom. The van der Waals surface area contributed by atoms with Crippen molar-refractivity contribution in [3.05, 3.63) is 53.5 Å². The number of nitrogens with zero attached hydrogens (tertiary/aromatic N) is 3. The van der Waals surface area contributed by atoms with Crippen LogP contribution in [0.25, 0.3) is 0 Å². The highest BCUT2D eigenvalue weighted by molar-refractivity contribution is 5.95. The summed E-state index contributed by atoms with van der Waals surface area (Å²) in [5.41, 5.74) is 2.85. The van der Waals surface area contributed by atoms with E-state index in [4.69, 9.17) is 0 Å². The Labute approximate surface area is 165 Å². The van der Waals surface area contributed by atoms with Crippen molar-refractivity contribution in [2.45, 2.75) is 26.7 Å². The summed E-state index contributed by atoms with van der Waals surface area (Å²) in [4.78, 5) is 35.3. The van der Waals surface area contributed by atoms with Gasteiger partial charge < -0.3 is 15.5 Å². The second kappa shape index (κ2) is 9.30. The smallest absolute Gasteiger partial charge is 0.253 e. The highest BCUT2D eigenvalue weighted by atomic mass is 16.2. The zero-order chi connectivity index (χ0) is 19.9. The monoisotopic (exact) mass is 381 g/mol. The molecule has 2 amide bonds. The molecule has 1 fully saturated rings. The minimum atomic E-state index is -0.167. The zero-order valence-electron chi connectivity index (χ0n) is 16.4. The summed E-state index contributed by atoms with van der Waals surface area (Å²) in [6.45, 7) is 6.22. The molecule has 1 saturated heterocycles. The summed E-state index contributed by atoms with van der Waals surface area (Å²) in [5, 5.41) is 6.06. The first-order valence-corrected chi connectivity index (χ1v) is 9.68. The van der Waals surface area contributed by atoms with Gasteiger partial charge in [-0.3, -0.25) is 14.6 Å². The highest BCUT2D eigenvalue weighted by Crippen LogP contribution is 2.20. The average molecular weight is 381 g/mol. The molecule has 0 aliphatic carbocycles. The number of benzene rings is 1. The Hall–Kier alpha value is -2.96. The number of rotatable bonds is 6. The van der Waals surface area contributed by atoms with Gasteiger partial charge in [-0.2, -0.15) is 0 Å². The number of aryl methyl sites for hydroxylation is 2. The molecule has 1 atom stereocenters. The minimum absolute atomic E-state index is 0.00105. The van der Waals surface area contributed by atoms with Gasteiger partial charge in [0.2, 0.25) is 5.91 Å². The molecule has 1 aromatic heterocycles. The Morgan fingerprint density at radius 1 is 1.14 bits per heavy atom. The first kappa shape index (κ1) is 19.8. The molecule has 1 aliphatic heterocycles. The molecule has 7 heteroatoms. The van der Waals surface area contributed by atoms with Crippen LogP contribution in [0.2, 0.25) is 0 Å². The predicted octanol–water partition coefficient (Wildman–Crippen LogP) is 2.17. The fourth-order valence-corrected chi connectivity index (χ4v) is 3.57. The van der Waals surface area contributed by atoms with Gasteiger partial charge in [-0.1, -0.05) is 17.2 Å². The molecule has 28 heavy (non-hydrogen) atoms. The number of aromatic nitrogens is 2. The summed E-state index contributed by atoms with van der Waals surface area (Å²) in [5.74, 6) is 0.521. The van der Waals surface area contributed by atoms with Gasteiger partial charge in [0.05, 0.1) is 12.1 Å². The van der Waals surface area contributed by atoms with E-state index in [0.717, 1.165) is 24.0 Å². The van der Waals surface area contributed by atoms with Gasteiger partial charge in [-0.15, -0.1) is 0 Å². The van der Waals surface area contributed by atoms with Crippen LogP contribution in [0.15, 0.2) is 36.8 Å². The first-order chi connectivity index (χ1) is 13.5. The lowest BCUT2D eigenvalue weighted by atomic mass is 9.96. The van der Waals surface area contributed by atoms with Crippen molar-refractivity contribution in [3.8, 4) is 0 Å². The molecule has 0 radical (unpaired) electrons. The number of piperidine rings is 1. The minimum Gasteiger partial charge on any atom is -0.367 e. The molecular formula is C21H27N5O2. The molecule has 2 aromatic rings. The second-order valence-electron chi connectivity index (χ2n) is 7.28. The Morgan fingerprint density at radius 3 is 2.64 bits per heavy atom. The van der Waals surface area contributed by atoms with Crippen LogP contribution in [0.1, 0.15) is 34.3 Å². The quantitative estimate of drug-likeness (QED) is 0.749. The van der Waals surface area contributed by atoms with Crippen LogP contribution in [0.5, 0.6) is 0 Å². The molecular weight excluding hydrogens is 354 g/mol. The van der Waals surface area contributed by atoms with Gasteiger partial charge in [0.25, 0.3) is 5.91 Å². The number of hydrogen-bond donors (Lipinski definition) is 2. The van der Waals surface area contributed by atoms with Gasteiger partial charge in [-0.05, 0) is 38.8 Å². The highest BCUT2D eigenvalue weighted by Gasteiger charge is 2.28. The third kappa shape index (κ3) is 5.28. The maximum atomic E-state index is 12.9. The van der Waals surface area contributed by atoms with Crippen molar-refractivity contribution in [1.82, 2.24) is 20.2 Å². The van der Waals surface area contributed by atoms with Crippen LogP contribution in [0.4, 0.5) is 5.82 Å². The molecule has 7 nitrogen and oxygen atoms in total. The van der Waals surface area contributed by atoms with Gasteiger partial charge in [0.1, 0.15) is 5.82 Å². The fourth-order valence-electron chi connectivity index (χ4n) is 3.57. The van der Waals surface area contributed by atoms with Gasteiger partial charge in [0, 0.05) is 44.1 Å². The fraction of sp³-hybridized carbons (Fsp3) is 0.429. The molecule has 148 valence electrons. The molecule has 2 heterocycles. The number of likely N-dealkylation sites (tertiary alicyclic amines) is 1. The summed E-state index contributed by atoms with van der Waals surface area (Å²) in [6, 6.07) is 5.88. The van der Waals surface area contributed by atoms with E-state index in [9.17, 15) is 9.59 Å². The lowest BCUT2D eigenvalue weighted by Crippen LogP contribution is -2.46. The Kier molecular flexibility index (Phi) is 6.57. The summed E-state index contributed by atoms with van der Waals surface area (Å²) in [6.07, 6.45) is 6.51. The summed E-state index contributed by atoms with van der Waals surface area (Å²) >= 11 is 0. The Bertz CT molecular complexity index is 805. The maximum Gasteiger partial charge on any atom is 0.253 e. The van der Waals surface area contributed by atoms with Crippen LogP contribution < -0.4 is 10.6 Å². The lowest BCUT2D eigenvalue weighted by molar-refractivity contribution is -0.126.